The normalized spacial score (nSPS) is 20.9. The summed E-state index contributed by atoms with van der Waals surface area (Å²) in [5, 5.41) is 9.13. The number of carboxylic acids is 1. The number of likely N-dealkylation sites (tertiary alicyclic amines) is 1. The number of imide groups is 1. The van der Waals surface area contributed by atoms with Gasteiger partial charge in [0.05, 0.1) is 11.1 Å². The highest BCUT2D eigenvalue weighted by molar-refractivity contribution is 6.21. The van der Waals surface area contributed by atoms with Crippen LogP contribution in [-0.4, -0.2) is 58.4 Å². The number of halogens is 1. The number of aliphatic carboxylic acids is 1. The molecule has 0 aromatic heterocycles. The minimum atomic E-state index is -0.838. The Morgan fingerprint density at radius 1 is 1.14 bits per heavy atom. The van der Waals surface area contributed by atoms with Crippen LogP contribution in [0.15, 0.2) is 24.3 Å². The van der Waals surface area contributed by atoms with E-state index in [0.29, 0.717) is 30.6 Å². The van der Waals surface area contributed by atoms with Gasteiger partial charge in [0.25, 0.3) is 11.8 Å². The zero-order chi connectivity index (χ0) is 15.0. The highest BCUT2D eigenvalue weighted by Gasteiger charge is 2.36. The van der Waals surface area contributed by atoms with Crippen molar-refractivity contribution in [1.29, 1.82) is 0 Å². The first-order valence-electron chi connectivity index (χ1n) is 7.01. The molecular weight excluding hydrogens is 308 g/mol. The maximum atomic E-state index is 12.2. The molecule has 0 bridgehead atoms. The number of rotatable bonds is 4. The zero-order valence-electron chi connectivity index (χ0n) is 11.9. The van der Waals surface area contributed by atoms with Crippen LogP contribution in [0.25, 0.3) is 0 Å². The molecule has 0 saturated carbocycles. The fourth-order valence-electron chi connectivity index (χ4n) is 3.04. The Bertz CT molecular complexity index is 584. The van der Waals surface area contributed by atoms with Gasteiger partial charge in [-0.3, -0.25) is 24.2 Å². The minimum Gasteiger partial charge on any atom is -0.480 e. The monoisotopic (exact) mass is 324 g/mol. The van der Waals surface area contributed by atoms with Gasteiger partial charge in [0.1, 0.15) is 6.04 Å². The maximum absolute atomic E-state index is 12.2. The van der Waals surface area contributed by atoms with Gasteiger partial charge in [-0.05, 0) is 31.5 Å². The predicted octanol–water partition coefficient (Wildman–Crippen LogP) is 1.25. The van der Waals surface area contributed by atoms with Crippen LogP contribution >= 0.6 is 12.4 Å². The minimum absolute atomic E-state index is 0. The third-order valence-corrected chi connectivity index (χ3v) is 4.14. The third-order valence-electron chi connectivity index (χ3n) is 4.14. The summed E-state index contributed by atoms with van der Waals surface area (Å²) in [6.07, 6.45) is 1.45. The van der Waals surface area contributed by atoms with E-state index in [-0.39, 0.29) is 30.8 Å². The van der Waals surface area contributed by atoms with Crippen molar-refractivity contribution in [2.75, 3.05) is 19.6 Å². The molecule has 1 aromatic carbocycles. The number of benzene rings is 1. The van der Waals surface area contributed by atoms with Crippen LogP contribution in [0, 0.1) is 0 Å². The highest BCUT2D eigenvalue weighted by atomic mass is 35.5. The molecule has 0 unspecified atom stereocenters. The molecule has 2 aliphatic heterocycles. The second kappa shape index (κ2) is 6.46. The lowest BCUT2D eigenvalue weighted by molar-refractivity contribution is -0.142. The van der Waals surface area contributed by atoms with Crippen LogP contribution < -0.4 is 0 Å². The Hall–Kier alpha value is -1.92. The van der Waals surface area contributed by atoms with Crippen molar-refractivity contribution in [3.05, 3.63) is 35.4 Å². The number of carbonyl (C=O) groups excluding carboxylic acids is 2. The van der Waals surface area contributed by atoms with Gasteiger partial charge in [-0.15, -0.1) is 12.4 Å². The fraction of sp³-hybridized carbons (Fsp3) is 0.400. The van der Waals surface area contributed by atoms with Gasteiger partial charge in [0.15, 0.2) is 0 Å². The summed E-state index contributed by atoms with van der Waals surface area (Å²) < 4.78 is 0. The lowest BCUT2D eigenvalue weighted by atomic mass is 10.1. The maximum Gasteiger partial charge on any atom is 0.320 e. The Morgan fingerprint density at radius 2 is 1.73 bits per heavy atom. The molecule has 2 amide bonds. The molecule has 3 rings (SSSR count). The summed E-state index contributed by atoms with van der Waals surface area (Å²) in [6.45, 7) is 1.33. The molecule has 6 nitrogen and oxygen atoms in total. The van der Waals surface area contributed by atoms with Crippen LogP contribution in [-0.2, 0) is 4.79 Å². The summed E-state index contributed by atoms with van der Waals surface area (Å²) in [6, 6.07) is 6.25. The molecule has 2 aliphatic rings. The summed E-state index contributed by atoms with van der Waals surface area (Å²) in [4.78, 5) is 38.6. The average Bonchev–Trinajstić information content (AvgIpc) is 3.03. The second-order valence-corrected chi connectivity index (χ2v) is 5.34. The topological polar surface area (TPSA) is 77.9 Å². The Balaban J connectivity index is 0.00000176. The Kier molecular flexibility index (Phi) is 4.83. The smallest absolute Gasteiger partial charge is 0.320 e. The molecule has 118 valence electrons. The van der Waals surface area contributed by atoms with Gasteiger partial charge in [0, 0.05) is 13.1 Å². The first-order chi connectivity index (χ1) is 10.1. The van der Waals surface area contributed by atoms with E-state index in [1.165, 1.54) is 4.90 Å². The first kappa shape index (κ1) is 16.5. The summed E-state index contributed by atoms with van der Waals surface area (Å²) in [5.74, 6) is -1.42. The quantitative estimate of drug-likeness (QED) is 0.843. The van der Waals surface area contributed by atoms with Gasteiger partial charge in [0.2, 0.25) is 0 Å². The standard InChI is InChI=1S/C15H16N2O4.ClH/c18-13-10-4-1-2-5-11(10)14(19)17(13)9-8-16-7-3-6-12(16)15(20)21;/h1-2,4-5,12H,3,6-9H2,(H,20,21);1H/t12-;/m0./s1. The molecule has 22 heavy (non-hydrogen) atoms. The van der Waals surface area contributed by atoms with Gasteiger partial charge >= 0.3 is 5.97 Å². The largest absolute Gasteiger partial charge is 0.480 e. The highest BCUT2D eigenvalue weighted by Crippen LogP contribution is 2.23. The molecule has 0 aliphatic carbocycles. The number of hydrogen-bond acceptors (Lipinski definition) is 4. The van der Waals surface area contributed by atoms with E-state index < -0.39 is 12.0 Å². The lowest BCUT2D eigenvalue weighted by Crippen LogP contribution is -2.42. The van der Waals surface area contributed by atoms with E-state index in [0.717, 1.165) is 6.42 Å². The van der Waals surface area contributed by atoms with Crippen LogP contribution in [0.3, 0.4) is 0 Å². The van der Waals surface area contributed by atoms with Gasteiger partial charge < -0.3 is 5.11 Å². The van der Waals surface area contributed by atoms with E-state index >= 15 is 0 Å². The first-order valence-corrected chi connectivity index (χ1v) is 7.01. The van der Waals surface area contributed by atoms with Crippen LogP contribution in [0.2, 0.25) is 0 Å². The summed E-state index contributed by atoms with van der Waals surface area (Å²) >= 11 is 0. The molecule has 1 fully saturated rings. The van der Waals surface area contributed by atoms with Crippen molar-refractivity contribution >= 4 is 30.2 Å². The number of carbonyl (C=O) groups is 3. The van der Waals surface area contributed by atoms with Gasteiger partial charge in [-0.1, -0.05) is 12.1 Å². The van der Waals surface area contributed by atoms with Crippen molar-refractivity contribution in [3.63, 3.8) is 0 Å². The Labute approximate surface area is 134 Å². The molecule has 0 spiro atoms. The lowest BCUT2D eigenvalue weighted by Gasteiger charge is -2.23. The Morgan fingerprint density at radius 3 is 2.27 bits per heavy atom. The van der Waals surface area contributed by atoms with E-state index in [1.54, 1.807) is 24.3 Å². The number of amides is 2. The van der Waals surface area contributed by atoms with Crippen molar-refractivity contribution < 1.29 is 19.5 Å². The van der Waals surface area contributed by atoms with Crippen molar-refractivity contribution in [3.8, 4) is 0 Å². The third kappa shape index (κ3) is 2.71. The van der Waals surface area contributed by atoms with Crippen LogP contribution in [0.1, 0.15) is 33.6 Å². The molecule has 1 aromatic rings. The molecular formula is C15H17ClN2O4. The second-order valence-electron chi connectivity index (χ2n) is 5.34. The SMILES string of the molecule is Cl.O=C(O)[C@@H]1CCCN1CCN1C(=O)c2ccccc2C1=O. The summed E-state index contributed by atoms with van der Waals surface area (Å²) in [5.41, 5.74) is 0.859. The number of hydrogen-bond donors (Lipinski definition) is 1. The van der Waals surface area contributed by atoms with Crippen molar-refractivity contribution in [2.24, 2.45) is 0 Å². The average molecular weight is 325 g/mol. The zero-order valence-corrected chi connectivity index (χ0v) is 12.7. The summed E-state index contributed by atoms with van der Waals surface area (Å²) in [7, 11) is 0. The van der Waals surface area contributed by atoms with E-state index in [9.17, 15) is 14.4 Å². The molecule has 0 radical (unpaired) electrons. The molecule has 1 N–H and O–H groups in total. The molecule has 7 heteroatoms. The number of carboxylic acid groups (broad SMARTS) is 1. The van der Waals surface area contributed by atoms with Crippen molar-refractivity contribution in [1.82, 2.24) is 9.80 Å². The molecule has 1 atom stereocenters. The van der Waals surface area contributed by atoms with E-state index in [1.807, 2.05) is 4.90 Å². The molecule has 2 heterocycles. The molecule has 1 saturated heterocycles. The predicted molar refractivity (Wildman–Crippen MR) is 81.3 cm³/mol. The van der Waals surface area contributed by atoms with E-state index in [4.69, 9.17) is 5.11 Å². The van der Waals surface area contributed by atoms with Crippen LogP contribution in [0.4, 0.5) is 0 Å². The van der Waals surface area contributed by atoms with E-state index in [2.05, 4.69) is 0 Å². The van der Waals surface area contributed by atoms with Gasteiger partial charge in [-0.2, -0.15) is 0 Å². The number of nitrogens with zero attached hydrogens (tertiary/aromatic N) is 2. The van der Waals surface area contributed by atoms with Gasteiger partial charge in [-0.25, -0.2) is 0 Å². The van der Waals surface area contributed by atoms with Crippen molar-refractivity contribution in [2.45, 2.75) is 18.9 Å². The fourth-order valence-corrected chi connectivity index (χ4v) is 3.04. The van der Waals surface area contributed by atoms with Crippen LogP contribution in [0.5, 0.6) is 0 Å². The number of fused-ring (bicyclic) bond motifs is 1.